The number of ether oxygens (including phenoxy) is 1. The van der Waals surface area contributed by atoms with Crippen LogP contribution in [0.3, 0.4) is 0 Å². The summed E-state index contributed by atoms with van der Waals surface area (Å²) in [6, 6.07) is 9.83. The maximum Gasteiger partial charge on any atom is 0.339 e. The van der Waals surface area contributed by atoms with Crippen molar-refractivity contribution in [1.29, 1.82) is 5.26 Å². The number of imide groups is 1. The highest BCUT2D eigenvalue weighted by atomic mass is 35.5. The minimum absolute atomic E-state index is 0.127. The number of halogens is 1. The number of methoxy groups -OCH3 is 1. The monoisotopic (exact) mass is 396 g/mol. The average Bonchev–Trinajstić information content (AvgIpc) is 3.14. The number of benzene rings is 1. The van der Waals surface area contributed by atoms with Gasteiger partial charge in [-0.25, -0.2) is 4.79 Å². The molecule has 2 heterocycles. The Kier molecular flexibility index (Phi) is 5.16. The van der Waals surface area contributed by atoms with Crippen molar-refractivity contribution in [3.05, 3.63) is 63.4 Å². The lowest BCUT2D eigenvalue weighted by Gasteiger charge is -2.15. The van der Waals surface area contributed by atoms with E-state index in [1.807, 2.05) is 0 Å². The number of rotatable bonds is 3. The lowest BCUT2D eigenvalue weighted by atomic mass is 9.96. The fraction of sp³-hybridized carbons (Fsp3) is 0.100. The summed E-state index contributed by atoms with van der Waals surface area (Å²) in [5.74, 6) is -1.14. The molecule has 7 nitrogen and oxygen atoms in total. The Morgan fingerprint density at radius 3 is 2.68 bits per heavy atom. The third-order valence-electron chi connectivity index (χ3n) is 4.16. The van der Waals surface area contributed by atoms with Crippen LogP contribution in [-0.2, 0) is 14.3 Å². The normalized spacial score (nSPS) is 15.4. The summed E-state index contributed by atoms with van der Waals surface area (Å²) < 4.78 is 10.4. The van der Waals surface area contributed by atoms with Gasteiger partial charge in [0.15, 0.2) is 0 Å². The van der Waals surface area contributed by atoms with E-state index in [9.17, 15) is 14.4 Å². The number of carbonyl (C=O) groups is 3. The van der Waals surface area contributed by atoms with Gasteiger partial charge in [0.05, 0.1) is 17.7 Å². The summed E-state index contributed by atoms with van der Waals surface area (Å²) in [6.45, 7) is 1.52. The number of hydrogen-bond acceptors (Lipinski definition) is 6. The van der Waals surface area contributed by atoms with E-state index in [-0.39, 0.29) is 27.3 Å². The van der Waals surface area contributed by atoms with Crippen LogP contribution < -0.4 is 5.32 Å². The molecule has 1 aliphatic rings. The number of esters is 1. The van der Waals surface area contributed by atoms with E-state index in [4.69, 9.17) is 26.0 Å². The fourth-order valence-corrected chi connectivity index (χ4v) is 2.88. The second-order valence-electron chi connectivity index (χ2n) is 5.84. The van der Waals surface area contributed by atoms with Gasteiger partial charge in [0.25, 0.3) is 11.8 Å². The predicted octanol–water partition coefficient (Wildman–Crippen LogP) is 3.27. The topological polar surface area (TPSA) is 109 Å². The van der Waals surface area contributed by atoms with Crippen LogP contribution in [0.1, 0.15) is 23.0 Å². The van der Waals surface area contributed by atoms with Crippen molar-refractivity contribution in [3.8, 4) is 17.4 Å². The third kappa shape index (κ3) is 3.46. The Hall–Kier alpha value is -3.63. The van der Waals surface area contributed by atoms with E-state index in [2.05, 4.69) is 5.32 Å². The molecule has 8 heteroatoms. The molecule has 0 spiro atoms. The second-order valence-corrected chi connectivity index (χ2v) is 6.25. The van der Waals surface area contributed by atoms with Gasteiger partial charge in [-0.2, -0.15) is 5.26 Å². The molecule has 0 atom stereocenters. The molecule has 1 aliphatic heterocycles. The highest BCUT2D eigenvalue weighted by molar-refractivity contribution is 6.33. The van der Waals surface area contributed by atoms with Gasteiger partial charge in [-0.1, -0.05) is 11.6 Å². The summed E-state index contributed by atoms with van der Waals surface area (Å²) in [4.78, 5) is 35.6. The van der Waals surface area contributed by atoms with Gasteiger partial charge in [-0.15, -0.1) is 0 Å². The molecule has 0 aliphatic carbocycles. The molecule has 140 valence electrons. The van der Waals surface area contributed by atoms with Crippen molar-refractivity contribution in [2.45, 2.75) is 6.92 Å². The first-order valence-electron chi connectivity index (χ1n) is 8.02. The van der Waals surface area contributed by atoms with Crippen LogP contribution in [0.15, 0.2) is 51.5 Å². The van der Waals surface area contributed by atoms with E-state index < -0.39 is 17.8 Å². The van der Waals surface area contributed by atoms with Crippen LogP contribution in [0.5, 0.6) is 0 Å². The standard InChI is InChI=1S/C20H13ClN2O5/c1-10-13(18(24)23-19(25)15(10)9-22)8-12-4-6-17(28-12)11-3-5-16(21)14(7-11)20(26)27-2/h3-8H,1-2H3,(H,23,24,25)/b13-8+. The van der Waals surface area contributed by atoms with Gasteiger partial charge < -0.3 is 9.15 Å². The van der Waals surface area contributed by atoms with E-state index in [1.54, 1.807) is 30.3 Å². The molecule has 1 N–H and O–H groups in total. The van der Waals surface area contributed by atoms with Crippen LogP contribution in [-0.4, -0.2) is 24.9 Å². The van der Waals surface area contributed by atoms with Crippen molar-refractivity contribution >= 4 is 35.5 Å². The first-order chi connectivity index (χ1) is 13.3. The maximum atomic E-state index is 12.1. The molecular formula is C20H13ClN2O5. The van der Waals surface area contributed by atoms with Crippen molar-refractivity contribution < 1.29 is 23.5 Å². The fourth-order valence-electron chi connectivity index (χ4n) is 2.69. The Morgan fingerprint density at radius 1 is 1.25 bits per heavy atom. The Labute approximate surface area is 164 Å². The molecule has 1 aromatic heterocycles. The number of nitriles is 1. The van der Waals surface area contributed by atoms with Crippen molar-refractivity contribution in [1.82, 2.24) is 5.32 Å². The third-order valence-corrected chi connectivity index (χ3v) is 4.49. The molecule has 0 saturated carbocycles. The summed E-state index contributed by atoms with van der Waals surface area (Å²) >= 11 is 6.02. The van der Waals surface area contributed by atoms with Gasteiger partial charge in [0.1, 0.15) is 23.2 Å². The van der Waals surface area contributed by atoms with E-state index >= 15 is 0 Å². The zero-order chi connectivity index (χ0) is 20.4. The van der Waals surface area contributed by atoms with Gasteiger partial charge in [0, 0.05) is 11.1 Å². The highest BCUT2D eigenvalue weighted by Crippen LogP contribution is 2.29. The number of hydrogen-bond donors (Lipinski definition) is 1. The molecule has 0 bridgehead atoms. The molecule has 0 radical (unpaired) electrons. The number of carbonyl (C=O) groups excluding carboxylic acids is 3. The predicted molar refractivity (Wildman–Crippen MR) is 99.9 cm³/mol. The molecule has 2 aromatic rings. The molecule has 3 rings (SSSR count). The summed E-state index contributed by atoms with van der Waals surface area (Å²) in [6.07, 6.45) is 1.44. The molecular weight excluding hydrogens is 384 g/mol. The number of furan rings is 1. The Balaban J connectivity index is 2.00. The maximum absolute atomic E-state index is 12.1. The van der Waals surface area contributed by atoms with E-state index in [0.717, 1.165) is 0 Å². The van der Waals surface area contributed by atoms with E-state index in [0.29, 0.717) is 17.1 Å². The Bertz CT molecular complexity index is 1120. The second kappa shape index (κ2) is 7.55. The first-order valence-corrected chi connectivity index (χ1v) is 8.40. The minimum Gasteiger partial charge on any atom is -0.465 e. The molecule has 0 unspecified atom stereocenters. The van der Waals surface area contributed by atoms with E-state index in [1.165, 1.54) is 26.2 Å². The van der Waals surface area contributed by atoms with Crippen LogP contribution >= 0.6 is 11.6 Å². The van der Waals surface area contributed by atoms with Crippen molar-refractivity contribution in [3.63, 3.8) is 0 Å². The minimum atomic E-state index is -0.723. The zero-order valence-electron chi connectivity index (χ0n) is 14.8. The van der Waals surface area contributed by atoms with Gasteiger partial charge >= 0.3 is 5.97 Å². The lowest BCUT2D eigenvalue weighted by molar-refractivity contribution is -0.126. The lowest BCUT2D eigenvalue weighted by Crippen LogP contribution is -2.37. The highest BCUT2D eigenvalue weighted by Gasteiger charge is 2.27. The SMILES string of the molecule is COC(=O)c1cc(-c2ccc(/C=C3/C(=O)NC(=O)C(C#N)=C3C)o2)ccc1Cl. The Morgan fingerprint density at radius 2 is 2.00 bits per heavy atom. The van der Waals surface area contributed by atoms with Gasteiger partial charge in [-0.3, -0.25) is 14.9 Å². The molecule has 28 heavy (non-hydrogen) atoms. The van der Waals surface area contributed by atoms with Crippen molar-refractivity contribution in [2.24, 2.45) is 0 Å². The number of amides is 2. The average molecular weight is 397 g/mol. The molecule has 1 aromatic carbocycles. The summed E-state index contributed by atoms with van der Waals surface area (Å²) in [5, 5.41) is 11.5. The van der Waals surface area contributed by atoms with Crippen LogP contribution in [0.2, 0.25) is 5.02 Å². The van der Waals surface area contributed by atoms with Crippen LogP contribution in [0.25, 0.3) is 17.4 Å². The zero-order valence-corrected chi connectivity index (χ0v) is 15.6. The molecule has 2 amide bonds. The van der Waals surface area contributed by atoms with Crippen molar-refractivity contribution in [2.75, 3.05) is 7.11 Å². The number of nitrogens with one attached hydrogen (secondary N) is 1. The van der Waals surface area contributed by atoms with Gasteiger partial charge in [-0.05, 0) is 48.9 Å². The molecule has 0 saturated heterocycles. The first kappa shape index (κ1) is 19.1. The van der Waals surface area contributed by atoms with Crippen LogP contribution in [0, 0.1) is 11.3 Å². The van der Waals surface area contributed by atoms with Crippen LogP contribution in [0.4, 0.5) is 0 Å². The summed E-state index contributed by atoms with van der Waals surface area (Å²) in [7, 11) is 1.26. The smallest absolute Gasteiger partial charge is 0.339 e. The molecule has 0 fully saturated rings. The quantitative estimate of drug-likeness (QED) is 0.484. The number of nitrogens with zero attached hydrogens (tertiary/aromatic N) is 1. The van der Waals surface area contributed by atoms with Gasteiger partial charge in [0.2, 0.25) is 0 Å². The summed E-state index contributed by atoms with van der Waals surface area (Å²) in [5.41, 5.74) is 1.08. The largest absolute Gasteiger partial charge is 0.465 e.